The predicted molar refractivity (Wildman–Crippen MR) is 509 cm³/mol. The van der Waals surface area contributed by atoms with Gasteiger partial charge in [0, 0.05) is 95.4 Å². The molecule has 0 saturated heterocycles. The number of aliphatic carboxylic acids is 2. The maximum Gasteiger partial charge on any atom is 0.333 e. The van der Waals surface area contributed by atoms with Crippen molar-refractivity contribution in [2.24, 2.45) is 5.41 Å². The van der Waals surface area contributed by atoms with Gasteiger partial charge in [-0.25, -0.2) is 4.79 Å². The Hall–Kier alpha value is -9.02. The van der Waals surface area contributed by atoms with Crippen LogP contribution in [0.25, 0.3) is 87.2 Å². The summed E-state index contributed by atoms with van der Waals surface area (Å²) in [6.45, 7) is 18.0. The maximum atomic E-state index is 12.4. The summed E-state index contributed by atoms with van der Waals surface area (Å²) in [5.41, 5.74) is 9.81. The topological polar surface area (TPSA) is 176 Å². The monoisotopic (exact) mass is 1700 g/mol. The van der Waals surface area contributed by atoms with Crippen LogP contribution in [0.3, 0.4) is 0 Å². The van der Waals surface area contributed by atoms with E-state index >= 15 is 0 Å². The standard InChI is InChI=1S/C30H43NO3.C28H37NO3.C23H29NO2.C12H9N.C11H21BrO2.CH4/c1-5-7-8-9-10-11-12-21-28(33-22-23-34-29(32)30(3,4)6-2)31-26-19-15-13-17-24(26)25-18-14-16-20-27(25)31;1-4-5-6-7-8-9-10-19-27(31-20-21-32-28(30)22(2)3)29-25-17-13-11-15-23(25)24-16-12-14-18-26(24)29;25-23(26)17-7-5-3-1-2-4-6-12-18-24-21-15-10-8-13-19(21)20-14-9-11-16-22(20)24;1-3-7-11-9(5-1)10-6-2-4-8-12(10)13-11;12-10-8-6-4-2-1-3-5-7-9-11(13)14;/h13-20,28H,5-12,21-23H2,1-4H3;11-18,27H,2,4-10,19-21H2,1,3H3;8-11,13-16H,1-7,12,17-18H2,(H,25,26);1-8,13H;1-10H2,(H,13,14);1H4. The van der Waals surface area contributed by atoms with Crippen molar-refractivity contribution in [2.45, 2.75) is 293 Å². The van der Waals surface area contributed by atoms with E-state index in [1.54, 1.807) is 6.92 Å². The number of halogens is 1. The SMILES string of the molecule is C.C=C(C)C(=O)OCCOC(CCCCCCCCC)n1c2ccccc2c2ccccc21.CCCCCCCCCC(OCCOC(=O)C(C)(C)CC)n1c2ccccc2c2ccccc21.O=C(O)CCCCCCCCCCBr.O=C(O)CCCCCCCCCCn1c2ccccc2c2ccccc21.c1ccc2c(c1)[nH]c1ccccc12. The summed E-state index contributed by atoms with van der Waals surface area (Å²) >= 11 is 3.41. The van der Waals surface area contributed by atoms with Crippen molar-refractivity contribution in [3.63, 3.8) is 0 Å². The van der Waals surface area contributed by atoms with Gasteiger partial charge in [0.2, 0.25) is 0 Å². The van der Waals surface area contributed by atoms with Crippen molar-refractivity contribution in [3.05, 3.63) is 206 Å². The Bertz CT molecular complexity index is 4740. The zero-order valence-corrected chi connectivity index (χ0v) is 74.3. The minimum absolute atomic E-state index is 0. The zero-order valence-electron chi connectivity index (χ0n) is 72.7. The third kappa shape index (κ3) is 31.8. The number of aromatic nitrogens is 4. The molecule has 12 rings (SSSR count). The molecule has 4 aromatic heterocycles. The smallest absolute Gasteiger partial charge is 0.333 e. The fourth-order valence-electron chi connectivity index (χ4n) is 15.8. The molecule has 15 heteroatoms. The van der Waals surface area contributed by atoms with Gasteiger partial charge >= 0.3 is 23.9 Å². The molecule has 8 aromatic carbocycles. The molecule has 0 fully saturated rings. The van der Waals surface area contributed by atoms with Gasteiger partial charge in [-0.3, -0.25) is 14.4 Å². The number of benzene rings is 8. The number of carbonyl (C=O) groups excluding carboxylic acids is 2. The Morgan fingerprint density at radius 1 is 0.383 bits per heavy atom. The van der Waals surface area contributed by atoms with E-state index < -0.39 is 17.4 Å². The second-order valence-corrected chi connectivity index (χ2v) is 33.4. The molecule has 650 valence electrons. The zero-order chi connectivity index (χ0) is 84.7. The highest BCUT2D eigenvalue weighted by Gasteiger charge is 2.28. The van der Waals surface area contributed by atoms with Crippen LogP contribution in [0.2, 0.25) is 0 Å². The number of aryl methyl sites for hydroxylation is 1. The van der Waals surface area contributed by atoms with Gasteiger partial charge < -0.3 is 47.8 Å². The molecule has 0 radical (unpaired) electrons. The third-order valence-corrected chi connectivity index (χ3v) is 23.4. The van der Waals surface area contributed by atoms with E-state index in [9.17, 15) is 19.2 Å². The van der Waals surface area contributed by atoms with Crippen LogP contribution in [0.15, 0.2) is 206 Å². The van der Waals surface area contributed by atoms with E-state index in [0.29, 0.717) is 31.6 Å². The first-order chi connectivity index (χ1) is 58.1. The number of nitrogens with zero attached hydrogens (tertiary/aromatic N) is 3. The van der Waals surface area contributed by atoms with E-state index in [2.05, 4.69) is 249 Å². The van der Waals surface area contributed by atoms with E-state index in [0.717, 1.165) is 69.7 Å². The van der Waals surface area contributed by atoms with Crippen LogP contribution in [-0.2, 0) is 44.7 Å². The molecule has 0 aliphatic rings. The molecule has 0 amide bonds. The summed E-state index contributed by atoms with van der Waals surface area (Å²) in [4.78, 5) is 48.1. The summed E-state index contributed by atoms with van der Waals surface area (Å²) in [6.07, 6.45) is 39.7. The molecule has 2 atom stereocenters. The number of rotatable bonds is 50. The lowest BCUT2D eigenvalue weighted by atomic mass is 9.91. The van der Waals surface area contributed by atoms with Gasteiger partial charge in [0.15, 0.2) is 0 Å². The number of carboxylic acids is 2. The van der Waals surface area contributed by atoms with Gasteiger partial charge in [-0.2, -0.15) is 0 Å². The number of esters is 2. The molecule has 3 N–H and O–H groups in total. The Morgan fingerprint density at radius 2 is 0.675 bits per heavy atom. The molecule has 0 spiro atoms. The summed E-state index contributed by atoms with van der Waals surface area (Å²) in [7, 11) is 0. The number of H-pyrrole nitrogens is 1. The van der Waals surface area contributed by atoms with Gasteiger partial charge in [-0.15, -0.1) is 0 Å². The number of carbonyl (C=O) groups is 4. The van der Waals surface area contributed by atoms with E-state index in [4.69, 9.17) is 29.2 Å². The van der Waals surface area contributed by atoms with Gasteiger partial charge in [0.25, 0.3) is 0 Å². The predicted octanol–water partition coefficient (Wildman–Crippen LogP) is 30.3. The molecule has 0 aliphatic heterocycles. The molecule has 4 heterocycles. The Labute approximate surface area is 725 Å². The van der Waals surface area contributed by atoms with Crippen LogP contribution in [0.1, 0.15) is 286 Å². The van der Waals surface area contributed by atoms with Gasteiger partial charge in [0.1, 0.15) is 25.7 Å². The average molecular weight is 1700 g/mol. The van der Waals surface area contributed by atoms with Crippen molar-refractivity contribution >= 4 is 127 Å². The van der Waals surface area contributed by atoms with E-state index in [1.165, 1.54) is 241 Å². The molecule has 0 aliphatic carbocycles. The van der Waals surface area contributed by atoms with Gasteiger partial charge in [0.05, 0.1) is 40.7 Å². The van der Waals surface area contributed by atoms with Crippen molar-refractivity contribution in [1.29, 1.82) is 0 Å². The summed E-state index contributed by atoms with van der Waals surface area (Å²) in [6, 6.07) is 68.3. The van der Waals surface area contributed by atoms with Crippen LogP contribution in [-0.4, -0.2) is 84.5 Å². The molecule has 0 bridgehead atoms. The van der Waals surface area contributed by atoms with E-state index in [1.807, 2.05) is 20.8 Å². The first-order valence-electron chi connectivity index (χ1n) is 45.2. The minimum Gasteiger partial charge on any atom is -0.481 e. The molecule has 14 nitrogen and oxygen atoms in total. The first kappa shape index (κ1) is 98.1. The van der Waals surface area contributed by atoms with Crippen molar-refractivity contribution in [2.75, 3.05) is 31.8 Å². The number of para-hydroxylation sites is 8. The molecule has 12 aromatic rings. The van der Waals surface area contributed by atoms with Crippen LogP contribution in [0, 0.1) is 5.41 Å². The number of hydrogen-bond donors (Lipinski definition) is 3. The van der Waals surface area contributed by atoms with Crippen molar-refractivity contribution < 1.29 is 48.3 Å². The normalized spacial score (nSPS) is 11.8. The second-order valence-electron chi connectivity index (χ2n) is 32.6. The van der Waals surface area contributed by atoms with Crippen molar-refractivity contribution in [1.82, 2.24) is 18.7 Å². The highest BCUT2D eigenvalue weighted by molar-refractivity contribution is 9.09. The number of nitrogens with one attached hydrogen (secondary N) is 1. The lowest BCUT2D eigenvalue weighted by molar-refractivity contribution is -0.157. The number of unbranched alkanes of at least 4 members (excludes halogenated alkanes) is 26. The number of ether oxygens (including phenoxy) is 4. The largest absolute Gasteiger partial charge is 0.481 e. The fraction of sp³-hybridized carbons (Fsp3) is 0.486. The molecule has 2 unspecified atom stereocenters. The van der Waals surface area contributed by atoms with Gasteiger partial charge in [-0.05, 0) is 127 Å². The Balaban J connectivity index is 0.000000215. The minimum atomic E-state index is -0.671. The van der Waals surface area contributed by atoms with E-state index in [-0.39, 0.29) is 45.0 Å². The number of aromatic amines is 1. The van der Waals surface area contributed by atoms with Crippen LogP contribution >= 0.6 is 15.9 Å². The average Bonchev–Trinajstić information content (AvgIpc) is 1.63. The quantitative estimate of drug-likeness (QED) is 0.0144. The summed E-state index contributed by atoms with van der Waals surface area (Å²) < 4.78 is 30.7. The van der Waals surface area contributed by atoms with Gasteiger partial charge in [-0.1, -0.05) is 350 Å². The first-order valence-corrected chi connectivity index (χ1v) is 46.3. The second kappa shape index (κ2) is 55.8. The molecular weight excluding hydrogens is 1560 g/mol. The lowest BCUT2D eigenvalue weighted by Gasteiger charge is -2.23. The summed E-state index contributed by atoms with van der Waals surface area (Å²) in [5, 5.41) is 28.4. The maximum absolute atomic E-state index is 12.4. The molecule has 0 saturated carbocycles. The fourth-order valence-corrected chi connectivity index (χ4v) is 16.2. The number of alkyl halides is 1. The summed E-state index contributed by atoms with van der Waals surface area (Å²) in [5.74, 6) is -1.86. The Kier molecular flexibility index (Phi) is 45.6. The molecule has 120 heavy (non-hydrogen) atoms. The highest BCUT2D eigenvalue weighted by atomic mass is 79.9. The third-order valence-electron chi connectivity index (χ3n) is 22.8. The highest BCUT2D eigenvalue weighted by Crippen LogP contribution is 2.37. The Morgan fingerprint density at radius 3 is 1.02 bits per heavy atom. The molecular formula is C105H143BrN4O10. The van der Waals surface area contributed by atoms with Crippen molar-refractivity contribution in [3.8, 4) is 0 Å². The number of fused-ring (bicyclic) bond motifs is 12. The van der Waals surface area contributed by atoms with Crippen LogP contribution in [0.4, 0.5) is 0 Å². The van der Waals surface area contributed by atoms with Crippen LogP contribution < -0.4 is 0 Å². The number of carboxylic acid groups (broad SMARTS) is 2. The lowest BCUT2D eigenvalue weighted by Crippen LogP contribution is -2.27. The number of hydrogen-bond acceptors (Lipinski definition) is 8. The van der Waals surface area contributed by atoms with Crippen LogP contribution in [0.5, 0.6) is 0 Å².